The predicted molar refractivity (Wildman–Crippen MR) is 165 cm³/mol. The van der Waals surface area contributed by atoms with Crippen molar-refractivity contribution in [2.24, 2.45) is 40.4 Å². The molecule has 5 aliphatic rings. The molecular weight excluding hydrogens is 496 g/mol. The molecule has 4 aliphatic carbocycles. The quantitative estimate of drug-likeness (QED) is 0.168. The van der Waals surface area contributed by atoms with Crippen LogP contribution in [0, 0.1) is 40.4 Å². The second-order valence-corrected chi connectivity index (χ2v) is 21.3. The molecule has 0 spiro atoms. The Morgan fingerprint density at radius 1 is 1.03 bits per heavy atom. The summed E-state index contributed by atoms with van der Waals surface area (Å²) in [4.78, 5) is 0. The number of rotatable bonds is 8. The fraction of sp³-hybridized carbons (Fsp3) is 0.943. The topological polar surface area (TPSA) is 27.7 Å². The molecule has 1 heterocycles. The van der Waals surface area contributed by atoms with Crippen LogP contribution in [0.15, 0.2) is 11.6 Å². The fourth-order valence-corrected chi connectivity index (χ4v) is 11.0. The highest BCUT2D eigenvalue weighted by Crippen LogP contribution is 2.67. The summed E-state index contributed by atoms with van der Waals surface area (Å²) in [6, 6.07) is 0. The molecule has 3 nitrogen and oxygen atoms in total. The van der Waals surface area contributed by atoms with Crippen molar-refractivity contribution in [2.45, 2.75) is 156 Å². The third kappa shape index (κ3) is 5.89. The highest BCUT2D eigenvalue weighted by atomic mass is 28.4. The third-order valence-corrected chi connectivity index (χ3v) is 17.9. The van der Waals surface area contributed by atoms with E-state index in [0.29, 0.717) is 22.0 Å². The second kappa shape index (κ2) is 11.5. The van der Waals surface area contributed by atoms with Gasteiger partial charge in [-0.2, -0.15) is 0 Å². The number of hydrogen-bond donors (Lipinski definition) is 0. The van der Waals surface area contributed by atoms with Gasteiger partial charge in [-0.15, -0.1) is 0 Å². The van der Waals surface area contributed by atoms with Crippen molar-refractivity contribution in [1.82, 2.24) is 0 Å². The molecule has 224 valence electrons. The average Bonchev–Trinajstić information content (AvgIpc) is 3.24. The van der Waals surface area contributed by atoms with E-state index in [1.54, 1.807) is 5.57 Å². The summed E-state index contributed by atoms with van der Waals surface area (Å²) < 4.78 is 19.0. The van der Waals surface area contributed by atoms with Gasteiger partial charge in [0.25, 0.3) is 0 Å². The van der Waals surface area contributed by atoms with Crippen molar-refractivity contribution in [3.05, 3.63) is 11.6 Å². The summed E-state index contributed by atoms with van der Waals surface area (Å²) >= 11 is 0. The van der Waals surface area contributed by atoms with Crippen LogP contribution in [0.5, 0.6) is 0 Å². The van der Waals surface area contributed by atoms with Crippen molar-refractivity contribution < 1.29 is 13.9 Å². The Balaban J connectivity index is 1.18. The van der Waals surface area contributed by atoms with Gasteiger partial charge in [0.15, 0.2) is 14.6 Å². The van der Waals surface area contributed by atoms with E-state index in [1.165, 1.54) is 70.6 Å². The molecule has 0 radical (unpaired) electrons. The molecule has 0 aromatic carbocycles. The lowest BCUT2D eigenvalue weighted by Gasteiger charge is -2.58. The van der Waals surface area contributed by atoms with E-state index in [0.717, 1.165) is 55.6 Å². The monoisotopic (exact) mass is 558 g/mol. The molecule has 0 amide bonds. The standard InChI is InChI=1S/C35H62O3Si/c1-25(12-11-23-37-39(7,8)33(2,3)4)29-16-17-30-28-15-14-26-24-27(38-32-13-9-10-22-36-32)18-20-34(26,5)31(28)19-21-35(29,30)6/h14,25,27-32H,9-13,15-24H2,1-8H3/t25-,27+,28+,29-,30+,31+,32?,34+,35-/m1/s1. The summed E-state index contributed by atoms with van der Waals surface area (Å²) in [6.07, 6.45) is 20.1. The lowest BCUT2D eigenvalue weighted by atomic mass is 9.47. The molecule has 1 saturated heterocycles. The Morgan fingerprint density at radius 3 is 2.54 bits per heavy atom. The predicted octanol–water partition coefficient (Wildman–Crippen LogP) is 9.92. The van der Waals surface area contributed by atoms with E-state index in [-0.39, 0.29) is 6.29 Å². The van der Waals surface area contributed by atoms with Gasteiger partial charge < -0.3 is 13.9 Å². The number of ether oxygens (including phenoxy) is 2. The first-order valence-electron chi connectivity index (χ1n) is 17.0. The molecule has 9 atom stereocenters. The van der Waals surface area contributed by atoms with Gasteiger partial charge >= 0.3 is 0 Å². The van der Waals surface area contributed by atoms with E-state index in [2.05, 4.69) is 60.7 Å². The van der Waals surface area contributed by atoms with Crippen LogP contribution in [0.4, 0.5) is 0 Å². The van der Waals surface area contributed by atoms with Gasteiger partial charge in [-0.25, -0.2) is 0 Å². The van der Waals surface area contributed by atoms with Gasteiger partial charge in [0, 0.05) is 13.2 Å². The molecule has 1 aliphatic heterocycles. The van der Waals surface area contributed by atoms with Crippen LogP contribution in [0.2, 0.25) is 18.1 Å². The third-order valence-electron chi connectivity index (χ3n) is 13.4. The molecule has 0 bridgehead atoms. The molecule has 0 aromatic rings. The van der Waals surface area contributed by atoms with Gasteiger partial charge in [0.1, 0.15) is 0 Å². The zero-order chi connectivity index (χ0) is 28.1. The van der Waals surface area contributed by atoms with Crippen LogP contribution in [-0.4, -0.2) is 33.9 Å². The summed E-state index contributed by atoms with van der Waals surface area (Å²) in [5.41, 5.74) is 2.69. The minimum Gasteiger partial charge on any atom is -0.417 e. The van der Waals surface area contributed by atoms with E-state index < -0.39 is 8.32 Å². The van der Waals surface area contributed by atoms with Gasteiger partial charge in [-0.05, 0) is 142 Å². The van der Waals surface area contributed by atoms with E-state index in [4.69, 9.17) is 13.9 Å². The number of allylic oxidation sites excluding steroid dienone is 1. The Hall–Kier alpha value is -0.163. The SMILES string of the molecule is C[C@H](CCCO[Si](C)(C)C(C)(C)C)[C@H]1CC[C@H]2[C@@H]3CC=C4C[C@@H](OC5CCCCO5)CC[C@]4(C)[C@H]3CC[C@]12C. The van der Waals surface area contributed by atoms with Crippen molar-refractivity contribution in [1.29, 1.82) is 0 Å². The van der Waals surface area contributed by atoms with E-state index in [9.17, 15) is 0 Å². The minimum absolute atomic E-state index is 0.0523. The van der Waals surface area contributed by atoms with E-state index in [1.807, 2.05) is 0 Å². The molecule has 5 rings (SSSR count). The fourth-order valence-electron chi connectivity index (χ4n) is 9.90. The molecule has 4 fully saturated rings. The minimum atomic E-state index is -1.63. The maximum atomic E-state index is 6.54. The van der Waals surface area contributed by atoms with Crippen LogP contribution in [0.25, 0.3) is 0 Å². The lowest BCUT2D eigenvalue weighted by Crippen LogP contribution is -2.51. The summed E-state index contributed by atoms with van der Waals surface area (Å²) in [6.45, 7) is 21.6. The van der Waals surface area contributed by atoms with Crippen molar-refractivity contribution in [3.8, 4) is 0 Å². The summed E-state index contributed by atoms with van der Waals surface area (Å²) in [7, 11) is -1.63. The smallest absolute Gasteiger partial charge is 0.191 e. The van der Waals surface area contributed by atoms with Crippen LogP contribution < -0.4 is 0 Å². The average molecular weight is 559 g/mol. The second-order valence-electron chi connectivity index (χ2n) is 16.5. The molecule has 0 N–H and O–H groups in total. The van der Waals surface area contributed by atoms with Crippen LogP contribution >= 0.6 is 0 Å². The van der Waals surface area contributed by atoms with Crippen molar-refractivity contribution in [2.75, 3.05) is 13.2 Å². The van der Waals surface area contributed by atoms with Gasteiger partial charge in [-0.1, -0.05) is 53.2 Å². The van der Waals surface area contributed by atoms with Crippen LogP contribution in [-0.2, 0) is 13.9 Å². The van der Waals surface area contributed by atoms with E-state index >= 15 is 0 Å². The normalized spacial score (nSPS) is 41.8. The number of hydrogen-bond acceptors (Lipinski definition) is 3. The van der Waals surface area contributed by atoms with Crippen molar-refractivity contribution in [3.63, 3.8) is 0 Å². The molecule has 3 saturated carbocycles. The molecule has 0 aromatic heterocycles. The molecule has 39 heavy (non-hydrogen) atoms. The molecule has 4 heteroatoms. The zero-order valence-corrected chi connectivity index (χ0v) is 28.0. The highest BCUT2D eigenvalue weighted by molar-refractivity contribution is 6.74. The summed E-state index contributed by atoms with van der Waals surface area (Å²) in [5, 5.41) is 0.310. The Kier molecular flexibility index (Phi) is 8.93. The van der Waals surface area contributed by atoms with Crippen molar-refractivity contribution >= 4 is 8.32 Å². The van der Waals surface area contributed by atoms with Crippen LogP contribution in [0.1, 0.15) is 125 Å². The number of fused-ring (bicyclic) bond motifs is 5. The summed E-state index contributed by atoms with van der Waals surface area (Å²) in [5.74, 6) is 4.42. The Labute approximate surface area is 242 Å². The highest BCUT2D eigenvalue weighted by Gasteiger charge is 2.59. The molecule has 1 unspecified atom stereocenters. The first-order chi connectivity index (χ1) is 18.3. The zero-order valence-electron chi connectivity index (χ0n) is 27.0. The van der Waals surface area contributed by atoms with Crippen LogP contribution in [0.3, 0.4) is 0 Å². The largest absolute Gasteiger partial charge is 0.417 e. The maximum Gasteiger partial charge on any atom is 0.191 e. The van der Waals surface area contributed by atoms with Gasteiger partial charge in [0.05, 0.1) is 6.10 Å². The Morgan fingerprint density at radius 2 is 1.82 bits per heavy atom. The Bertz CT molecular complexity index is 870. The van der Waals surface area contributed by atoms with Gasteiger partial charge in [0.2, 0.25) is 0 Å². The first kappa shape index (κ1) is 30.3. The first-order valence-corrected chi connectivity index (χ1v) is 19.9. The molecular formula is C35H62O3Si. The maximum absolute atomic E-state index is 6.54. The lowest BCUT2D eigenvalue weighted by molar-refractivity contribution is -0.195. The van der Waals surface area contributed by atoms with Gasteiger partial charge in [-0.3, -0.25) is 0 Å².